The Bertz CT molecular complexity index is 409. The maximum atomic E-state index is 13.3. The Morgan fingerprint density at radius 2 is 2.06 bits per heavy atom. The summed E-state index contributed by atoms with van der Waals surface area (Å²) in [6.07, 6.45) is -0.400. The lowest BCUT2D eigenvalue weighted by molar-refractivity contribution is -0.137. The highest BCUT2D eigenvalue weighted by molar-refractivity contribution is 5.66. The second-order valence-electron chi connectivity index (χ2n) is 3.33. The third-order valence-electron chi connectivity index (χ3n) is 2.15. The number of phenolic OH excluding ortho intramolecular Hbond substituents is 1. The highest BCUT2D eigenvalue weighted by Crippen LogP contribution is 2.28. The Kier molecular flexibility index (Phi) is 3.78. The molecule has 16 heavy (non-hydrogen) atoms. The second kappa shape index (κ2) is 4.89. The van der Waals surface area contributed by atoms with Gasteiger partial charge in [0.2, 0.25) is 0 Å². The lowest BCUT2D eigenvalue weighted by Gasteiger charge is -2.13. The molecule has 1 aromatic carbocycles. The van der Waals surface area contributed by atoms with E-state index >= 15 is 0 Å². The fourth-order valence-corrected chi connectivity index (χ4v) is 1.32. The van der Waals surface area contributed by atoms with E-state index < -0.39 is 35.0 Å². The Morgan fingerprint density at radius 3 is 2.62 bits per heavy atom. The smallest absolute Gasteiger partial charge is 0.303 e. The summed E-state index contributed by atoms with van der Waals surface area (Å²) >= 11 is 0. The van der Waals surface area contributed by atoms with Crippen LogP contribution in [0, 0.1) is 11.6 Å². The topological polar surface area (TPSA) is 83.6 Å². The van der Waals surface area contributed by atoms with Gasteiger partial charge < -0.3 is 15.9 Å². The van der Waals surface area contributed by atoms with Gasteiger partial charge in [0, 0.05) is 18.0 Å². The Balaban J connectivity index is 2.94. The summed E-state index contributed by atoms with van der Waals surface area (Å²) in [6, 6.07) is 0.662. The number of hydrogen-bond acceptors (Lipinski definition) is 3. The molecule has 0 aliphatic heterocycles. The second-order valence-corrected chi connectivity index (χ2v) is 3.33. The van der Waals surface area contributed by atoms with Crippen LogP contribution in [0.5, 0.6) is 5.75 Å². The molecule has 0 aliphatic carbocycles. The standard InChI is InChI=1S/C10H11F2NO3/c11-5-1-3-7(14)10(12)9(5)6(13)2-4-8(15)16/h1,3,6,14H,2,4,13H2,(H,15,16). The van der Waals surface area contributed by atoms with Crippen molar-refractivity contribution in [2.24, 2.45) is 5.73 Å². The van der Waals surface area contributed by atoms with Gasteiger partial charge in [-0.1, -0.05) is 0 Å². The summed E-state index contributed by atoms with van der Waals surface area (Å²) < 4.78 is 26.5. The molecule has 0 spiro atoms. The normalized spacial score (nSPS) is 12.4. The average molecular weight is 231 g/mol. The van der Waals surface area contributed by atoms with Gasteiger partial charge in [-0.25, -0.2) is 8.78 Å². The molecule has 1 rings (SSSR count). The molecule has 4 N–H and O–H groups in total. The summed E-state index contributed by atoms with van der Waals surface area (Å²) in [5, 5.41) is 17.4. The minimum absolute atomic E-state index is 0.105. The SMILES string of the molecule is NC(CCC(=O)O)c1c(F)ccc(O)c1F. The van der Waals surface area contributed by atoms with Crippen molar-refractivity contribution < 1.29 is 23.8 Å². The van der Waals surface area contributed by atoms with Crippen molar-refractivity contribution >= 4 is 5.97 Å². The number of carboxylic acid groups (broad SMARTS) is 1. The number of nitrogens with two attached hydrogens (primary N) is 1. The summed E-state index contributed by atoms with van der Waals surface area (Å²) in [6.45, 7) is 0. The number of aromatic hydroxyl groups is 1. The predicted octanol–water partition coefficient (Wildman–Crippen LogP) is 1.54. The van der Waals surface area contributed by atoms with Gasteiger partial charge in [-0.15, -0.1) is 0 Å². The summed E-state index contributed by atoms with van der Waals surface area (Å²) in [4.78, 5) is 10.3. The van der Waals surface area contributed by atoms with Crippen LogP contribution in [0.3, 0.4) is 0 Å². The molecule has 0 heterocycles. The third kappa shape index (κ3) is 2.66. The lowest BCUT2D eigenvalue weighted by atomic mass is 10.0. The number of hydrogen-bond donors (Lipinski definition) is 3. The zero-order chi connectivity index (χ0) is 12.3. The maximum absolute atomic E-state index is 13.3. The first kappa shape index (κ1) is 12.4. The lowest BCUT2D eigenvalue weighted by Crippen LogP contribution is -2.15. The van der Waals surface area contributed by atoms with E-state index in [1.807, 2.05) is 0 Å². The number of phenols is 1. The molecule has 0 fully saturated rings. The molecule has 1 aromatic rings. The minimum Gasteiger partial charge on any atom is -0.505 e. The van der Waals surface area contributed by atoms with Crippen LogP contribution in [0.2, 0.25) is 0 Å². The molecule has 1 atom stereocenters. The summed E-state index contributed by atoms with van der Waals surface area (Å²) in [5.74, 6) is -3.84. The maximum Gasteiger partial charge on any atom is 0.303 e. The predicted molar refractivity (Wildman–Crippen MR) is 51.8 cm³/mol. The van der Waals surface area contributed by atoms with Crippen LogP contribution in [0.4, 0.5) is 8.78 Å². The quantitative estimate of drug-likeness (QED) is 0.733. The molecule has 6 heteroatoms. The number of rotatable bonds is 4. The van der Waals surface area contributed by atoms with Crippen LogP contribution >= 0.6 is 0 Å². The molecule has 0 aromatic heterocycles. The molecule has 1 unspecified atom stereocenters. The first-order chi connectivity index (χ1) is 7.43. The van der Waals surface area contributed by atoms with E-state index in [2.05, 4.69) is 0 Å². The first-order valence-corrected chi connectivity index (χ1v) is 4.57. The van der Waals surface area contributed by atoms with Crippen molar-refractivity contribution in [3.05, 3.63) is 29.3 Å². The number of halogens is 2. The molecule has 0 amide bonds. The molecule has 0 aliphatic rings. The monoisotopic (exact) mass is 231 g/mol. The molecular formula is C10H11F2NO3. The first-order valence-electron chi connectivity index (χ1n) is 4.57. The Morgan fingerprint density at radius 1 is 1.44 bits per heavy atom. The number of carboxylic acids is 1. The van der Waals surface area contributed by atoms with Crippen molar-refractivity contribution in [2.75, 3.05) is 0 Å². The Labute approximate surface area is 90.3 Å². The molecule has 88 valence electrons. The largest absolute Gasteiger partial charge is 0.505 e. The summed E-state index contributed by atoms with van der Waals surface area (Å²) in [7, 11) is 0. The molecule has 4 nitrogen and oxygen atoms in total. The highest BCUT2D eigenvalue weighted by atomic mass is 19.1. The van der Waals surface area contributed by atoms with Crippen molar-refractivity contribution in [1.29, 1.82) is 0 Å². The summed E-state index contributed by atoms with van der Waals surface area (Å²) in [5.41, 5.74) is 4.97. The van der Waals surface area contributed by atoms with Gasteiger partial charge in [-0.05, 0) is 18.6 Å². The van der Waals surface area contributed by atoms with Crippen LogP contribution in [0.25, 0.3) is 0 Å². The average Bonchev–Trinajstić information content (AvgIpc) is 2.21. The van der Waals surface area contributed by atoms with Crippen LogP contribution < -0.4 is 5.73 Å². The van der Waals surface area contributed by atoms with Crippen molar-refractivity contribution in [3.8, 4) is 5.75 Å². The van der Waals surface area contributed by atoms with Gasteiger partial charge in [0.05, 0.1) is 0 Å². The number of aliphatic carboxylic acids is 1. The molecule has 0 bridgehead atoms. The van der Waals surface area contributed by atoms with Gasteiger partial charge in [0.25, 0.3) is 0 Å². The van der Waals surface area contributed by atoms with Crippen molar-refractivity contribution in [1.82, 2.24) is 0 Å². The minimum atomic E-state index is -1.14. The zero-order valence-electron chi connectivity index (χ0n) is 8.28. The van der Waals surface area contributed by atoms with Crippen LogP contribution in [-0.2, 0) is 4.79 Å². The van der Waals surface area contributed by atoms with E-state index in [9.17, 15) is 13.6 Å². The number of carbonyl (C=O) groups is 1. The van der Waals surface area contributed by atoms with Gasteiger partial charge in [-0.3, -0.25) is 4.79 Å². The number of benzene rings is 1. The van der Waals surface area contributed by atoms with E-state index in [-0.39, 0.29) is 12.8 Å². The fourth-order valence-electron chi connectivity index (χ4n) is 1.32. The third-order valence-corrected chi connectivity index (χ3v) is 2.15. The van der Waals surface area contributed by atoms with E-state index in [4.69, 9.17) is 15.9 Å². The van der Waals surface area contributed by atoms with Crippen LogP contribution in [0.1, 0.15) is 24.4 Å². The highest BCUT2D eigenvalue weighted by Gasteiger charge is 2.20. The van der Waals surface area contributed by atoms with Gasteiger partial charge in [0.15, 0.2) is 11.6 Å². The zero-order valence-corrected chi connectivity index (χ0v) is 8.28. The van der Waals surface area contributed by atoms with Crippen molar-refractivity contribution in [2.45, 2.75) is 18.9 Å². The van der Waals surface area contributed by atoms with Gasteiger partial charge in [-0.2, -0.15) is 0 Å². The van der Waals surface area contributed by atoms with E-state index in [1.165, 1.54) is 0 Å². The van der Waals surface area contributed by atoms with Crippen LogP contribution in [-0.4, -0.2) is 16.2 Å². The van der Waals surface area contributed by atoms with Crippen molar-refractivity contribution in [3.63, 3.8) is 0 Å². The Hall–Kier alpha value is -1.69. The van der Waals surface area contributed by atoms with E-state index in [0.717, 1.165) is 12.1 Å². The van der Waals surface area contributed by atoms with Gasteiger partial charge >= 0.3 is 5.97 Å². The molecule has 0 saturated heterocycles. The molecule has 0 radical (unpaired) electrons. The molecular weight excluding hydrogens is 220 g/mol. The molecule has 0 saturated carbocycles. The van der Waals surface area contributed by atoms with Crippen LogP contribution in [0.15, 0.2) is 12.1 Å². The van der Waals surface area contributed by atoms with E-state index in [1.54, 1.807) is 0 Å². The van der Waals surface area contributed by atoms with E-state index in [0.29, 0.717) is 0 Å². The fraction of sp³-hybridized carbons (Fsp3) is 0.300. The van der Waals surface area contributed by atoms with Gasteiger partial charge in [0.1, 0.15) is 5.82 Å².